The number of aliphatic carboxylic acids is 2. The number of nitrogens with zero attached hydrogens (tertiary/aromatic N) is 2. The van der Waals surface area contributed by atoms with Gasteiger partial charge in [-0.2, -0.15) is 0 Å². The number of hydrogen-bond acceptors (Lipinski definition) is 16. The van der Waals surface area contributed by atoms with E-state index in [0.29, 0.717) is 5.69 Å². The molecule has 2 N–H and O–H groups in total. The number of benzene rings is 2. The lowest BCUT2D eigenvalue weighted by Gasteiger charge is -2.22. The first kappa shape index (κ1) is 37.0. The Labute approximate surface area is 266 Å². The predicted molar refractivity (Wildman–Crippen MR) is 154 cm³/mol. The Kier molecular flexibility index (Phi) is 15.7. The first-order chi connectivity index (χ1) is 22.5. The number of carbonyl (C=O) groups excluding carboxylic acids is 6. The maximum absolute atomic E-state index is 12.2. The van der Waals surface area contributed by atoms with Crippen LogP contribution < -0.4 is 9.80 Å². The van der Waals surface area contributed by atoms with Crippen LogP contribution in [0.4, 0.5) is 11.4 Å². The lowest BCUT2D eigenvalue weighted by Crippen LogP contribution is -2.34. The molecular weight excluding hydrogens is 632 g/mol. The fourth-order valence-electron chi connectivity index (χ4n) is 3.54. The summed E-state index contributed by atoms with van der Waals surface area (Å²) in [4.78, 5) is 93.4. The molecule has 47 heavy (non-hydrogen) atoms. The fourth-order valence-corrected chi connectivity index (χ4v) is 3.54. The minimum Gasteiger partial charge on any atom is -0.480 e. The van der Waals surface area contributed by atoms with E-state index in [1.54, 1.807) is 0 Å². The highest BCUT2D eigenvalue weighted by atomic mass is 16.6. The summed E-state index contributed by atoms with van der Waals surface area (Å²) in [6.45, 7) is -2.92. The summed E-state index contributed by atoms with van der Waals surface area (Å²) in [5, 5.41) is 17.9. The number of carbonyl (C=O) groups is 8. The van der Waals surface area contributed by atoms with Crippen LogP contribution in [0.2, 0.25) is 0 Å². The lowest BCUT2D eigenvalue weighted by molar-refractivity contribution is -0.150. The highest BCUT2D eigenvalue weighted by molar-refractivity contribution is 5.92. The van der Waals surface area contributed by atoms with E-state index < -0.39 is 62.1 Å². The zero-order valence-corrected chi connectivity index (χ0v) is 24.6. The van der Waals surface area contributed by atoms with Crippen LogP contribution in [0.3, 0.4) is 0 Å². The second-order valence-electron chi connectivity index (χ2n) is 9.01. The van der Waals surface area contributed by atoms with Crippen molar-refractivity contribution in [1.29, 1.82) is 0 Å². The van der Waals surface area contributed by atoms with Gasteiger partial charge in [-0.25, -0.2) is 19.2 Å². The van der Waals surface area contributed by atoms with E-state index in [9.17, 15) is 38.4 Å². The van der Waals surface area contributed by atoms with Crippen LogP contribution in [0.5, 0.6) is 0 Å². The number of anilines is 2. The van der Waals surface area contributed by atoms with Crippen molar-refractivity contribution >= 4 is 60.1 Å². The quantitative estimate of drug-likeness (QED) is 0.0563. The Bertz CT molecular complexity index is 1370. The monoisotopic (exact) mass is 662 g/mol. The average molecular weight is 663 g/mol. The van der Waals surface area contributed by atoms with Gasteiger partial charge in [0.2, 0.25) is 0 Å². The Morgan fingerprint density at radius 1 is 0.574 bits per heavy atom. The van der Waals surface area contributed by atoms with Gasteiger partial charge in [0.1, 0.15) is 13.1 Å². The van der Waals surface area contributed by atoms with Gasteiger partial charge >= 0.3 is 35.8 Å². The predicted octanol–water partition coefficient (Wildman–Crippen LogP) is 0.220. The fraction of sp³-hybridized carbons (Fsp3) is 0.310. The standard InChI is InChI=1S/C29H30N2O16/c32-18-42-16-31(17-43-19-33)23-8-4-21(5-9-23)29(41)47-15-27(39)45-11-1-10-44-26(38)14-46-28(40)20-2-6-22(7-3-20)30(12-24(34)35)13-25(36)37/h2-9,18-19H,1,10-17H2,(H,34,35)(H,36,37). The molecule has 0 saturated heterocycles. The summed E-state index contributed by atoms with van der Waals surface area (Å²) >= 11 is 0. The Morgan fingerprint density at radius 2 is 0.957 bits per heavy atom. The molecule has 18 heteroatoms. The van der Waals surface area contributed by atoms with E-state index >= 15 is 0 Å². The molecular formula is C29H30N2O16. The Hall–Kier alpha value is -6.20. The van der Waals surface area contributed by atoms with Crippen LogP contribution in [0.15, 0.2) is 48.5 Å². The van der Waals surface area contributed by atoms with Crippen LogP contribution >= 0.6 is 0 Å². The van der Waals surface area contributed by atoms with Gasteiger partial charge in [-0.15, -0.1) is 0 Å². The molecule has 0 aliphatic carbocycles. The van der Waals surface area contributed by atoms with E-state index in [1.807, 2.05) is 0 Å². The first-order valence-corrected chi connectivity index (χ1v) is 13.4. The number of carboxylic acids is 2. The number of hydrogen-bond donors (Lipinski definition) is 2. The van der Waals surface area contributed by atoms with Crippen molar-refractivity contribution in [2.75, 3.05) is 62.8 Å². The van der Waals surface area contributed by atoms with Crippen LogP contribution in [0.25, 0.3) is 0 Å². The normalized spacial score (nSPS) is 10.0. The molecule has 18 nitrogen and oxygen atoms in total. The van der Waals surface area contributed by atoms with Gasteiger partial charge in [0, 0.05) is 17.8 Å². The van der Waals surface area contributed by atoms with Gasteiger partial charge in [0.05, 0.1) is 24.3 Å². The molecule has 0 amide bonds. The molecule has 0 fully saturated rings. The highest BCUT2D eigenvalue weighted by Crippen LogP contribution is 2.17. The van der Waals surface area contributed by atoms with Crippen molar-refractivity contribution in [3.8, 4) is 0 Å². The zero-order valence-electron chi connectivity index (χ0n) is 24.6. The van der Waals surface area contributed by atoms with Crippen LogP contribution in [-0.4, -0.2) is 112 Å². The maximum Gasteiger partial charge on any atom is 0.344 e. The zero-order chi connectivity index (χ0) is 34.6. The SMILES string of the molecule is O=COCN(COC=O)c1ccc(C(=O)OCC(=O)OCCCOC(=O)COC(=O)c2ccc(N(CC(=O)O)CC(=O)O)cc2)cc1. The Morgan fingerprint density at radius 3 is 1.32 bits per heavy atom. The second-order valence-corrected chi connectivity index (χ2v) is 9.01. The molecule has 0 aliphatic heterocycles. The van der Waals surface area contributed by atoms with E-state index in [4.69, 9.17) is 29.2 Å². The maximum atomic E-state index is 12.2. The second kappa shape index (κ2) is 20.0. The smallest absolute Gasteiger partial charge is 0.344 e. The van der Waals surface area contributed by atoms with Gasteiger partial charge in [0.25, 0.3) is 12.9 Å². The molecule has 0 heterocycles. The van der Waals surface area contributed by atoms with E-state index in [2.05, 4.69) is 9.47 Å². The van der Waals surface area contributed by atoms with Crippen molar-refractivity contribution in [1.82, 2.24) is 0 Å². The number of ether oxygens (including phenoxy) is 6. The van der Waals surface area contributed by atoms with E-state index in [0.717, 1.165) is 4.90 Å². The van der Waals surface area contributed by atoms with Gasteiger partial charge in [-0.3, -0.25) is 19.2 Å². The number of rotatable bonds is 22. The molecule has 2 aromatic rings. The molecule has 252 valence electrons. The van der Waals surface area contributed by atoms with Crippen molar-refractivity contribution in [2.24, 2.45) is 0 Å². The highest BCUT2D eigenvalue weighted by Gasteiger charge is 2.17. The molecule has 0 radical (unpaired) electrons. The van der Waals surface area contributed by atoms with Crippen LogP contribution in [0, 0.1) is 0 Å². The minimum atomic E-state index is -1.24. The van der Waals surface area contributed by atoms with E-state index in [-0.39, 0.29) is 62.9 Å². The number of esters is 4. The van der Waals surface area contributed by atoms with Crippen LogP contribution in [0.1, 0.15) is 27.1 Å². The molecule has 2 aromatic carbocycles. The first-order valence-electron chi connectivity index (χ1n) is 13.4. The summed E-state index contributed by atoms with van der Waals surface area (Å²) in [6, 6.07) is 10.9. The van der Waals surface area contributed by atoms with Crippen molar-refractivity contribution in [2.45, 2.75) is 6.42 Å². The number of carboxylic acid groups (broad SMARTS) is 2. The average Bonchev–Trinajstić information content (AvgIpc) is 3.05. The topological polar surface area (TPSA) is 239 Å². The minimum absolute atomic E-state index is 0.0193. The third-order valence-electron chi connectivity index (χ3n) is 5.64. The lowest BCUT2D eigenvalue weighted by atomic mass is 10.2. The molecule has 0 atom stereocenters. The van der Waals surface area contributed by atoms with E-state index in [1.165, 1.54) is 53.4 Å². The third-order valence-corrected chi connectivity index (χ3v) is 5.64. The molecule has 0 saturated carbocycles. The summed E-state index contributed by atoms with van der Waals surface area (Å²) in [6.07, 6.45) is 0.0869. The van der Waals surface area contributed by atoms with Crippen molar-refractivity contribution in [3.05, 3.63) is 59.7 Å². The van der Waals surface area contributed by atoms with Gasteiger partial charge in [0.15, 0.2) is 26.7 Å². The third kappa shape index (κ3) is 14.0. The Balaban J connectivity index is 1.66. The molecule has 0 aromatic heterocycles. The molecule has 0 unspecified atom stereocenters. The summed E-state index contributed by atoms with van der Waals surface area (Å²) in [5.41, 5.74) is 0.811. The molecule has 0 spiro atoms. The van der Waals surface area contributed by atoms with Crippen LogP contribution in [-0.2, 0) is 57.2 Å². The largest absolute Gasteiger partial charge is 0.480 e. The summed E-state index contributed by atoms with van der Waals surface area (Å²) in [5.74, 6) is -5.94. The molecule has 0 bridgehead atoms. The summed E-state index contributed by atoms with van der Waals surface area (Å²) in [7, 11) is 0. The molecule has 0 aliphatic rings. The van der Waals surface area contributed by atoms with Gasteiger partial charge < -0.3 is 48.4 Å². The molecule has 2 rings (SSSR count). The van der Waals surface area contributed by atoms with Gasteiger partial charge in [-0.05, 0) is 48.5 Å². The van der Waals surface area contributed by atoms with Crippen molar-refractivity contribution < 1.29 is 77.0 Å². The van der Waals surface area contributed by atoms with Crippen molar-refractivity contribution in [3.63, 3.8) is 0 Å². The van der Waals surface area contributed by atoms with Gasteiger partial charge in [-0.1, -0.05) is 0 Å². The summed E-state index contributed by atoms with van der Waals surface area (Å²) < 4.78 is 28.9.